The zero-order valence-electron chi connectivity index (χ0n) is 13.5. The summed E-state index contributed by atoms with van der Waals surface area (Å²) in [5, 5.41) is 0.599. The molecule has 126 valence electrons. The van der Waals surface area contributed by atoms with Crippen LogP contribution in [0.25, 0.3) is 0 Å². The van der Waals surface area contributed by atoms with Crippen molar-refractivity contribution in [2.24, 2.45) is 5.92 Å². The van der Waals surface area contributed by atoms with Crippen LogP contribution in [0.2, 0.25) is 0 Å². The lowest BCUT2D eigenvalue weighted by molar-refractivity contribution is -0.149. The predicted molar refractivity (Wildman–Crippen MR) is 82.4 cm³/mol. The van der Waals surface area contributed by atoms with E-state index in [1.807, 2.05) is 0 Å². The normalized spacial score (nSPS) is 13.4. The lowest BCUT2D eigenvalue weighted by atomic mass is 10.1. The van der Waals surface area contributed by atoms with Crippen LogP contribution in [0.3, 0.4) is 0 Å². The standard InChI is InChI=1S/C14H23NO6S/c1-8(2)12(22(18,19)20)15-11(16)9(3)10(4)13(17)21-14(5,6)7/h8,12H,3-4H2,1-2,5-7H3,(H,15,16)(H,18,19,20). The Hall–Kier alpha value is -1.67. The molecule has 0 saturated heterocycles. The van der Waals surface area contributed by atoms with Crippen molar-refractivity contribution >= 4 is 22.0 Å². The van der Waals surface area contributed by atoms with Gasteiger partial charge in [-0.15, -0.1) is 0 Å². The number of nitrogens with one attached hydrogen (secondary N) is 1. The first-order valence-corrected chi connectivity index (χ1v) is 8.06. The number of carbonyl (C=O) groups excluding carboxylic acids is 2. The summed E-state index contributed by atoms with van der Waals surface area (Å²) in [6.45, 7) is 14.8. The van der Waals surface area contributed by atoms with Gasteiger partial charge in [0, 0.05) is 5.57 Å². The number of hydrogen-bond acceptors (Lipinski definition) is 5. The molecule has 7 nitrogen and oxygen atoms in total. The summed E-state index contributed by atoms with van der Waals surface area (Å²) in [5.74, 6) is -2.34. The first kappa shape index (κ1) is 20.3. The fraction of sp³-hybridized carbons (Fsp3) is 0.571. The molecule has 0 rings (SSSR count). The first-order valence-electron chi connectivity index (χ1n) is 6.55. The van der Waals surface area contributed by atoms with Crippen molar-refractivity contribution in [3.05, 3.63) is 24.3 Å². The van der Waals surface area contributed by atoms with Crippen LogP contribution in [0.1, 0.15) is 34.6 Å². The number of ether oxygens (including phenoxy) is 1. The molecule has 22 heavy (non-hydrogen) atoms. The van der Waals surface area contributed by atoms with Gasteiger partial charge in [0.25, 0.3) is 16.0 Å². The summed E-state index contributed by atoms with van der Waals surface area (Å²) in [7, 11) is -4.49. The van der Waals surface area contributed by atoms with E-state index in [0.717, 1.165) is 0 Å². The van der Waals surface area contributed by atoms with Crippen LogP contribution in [0, 0.1) is 5.92 Å². The van der Waals surface area contributed by atoms with Crippen LogP contribution in [-0.4, -0.2) is 35.8 Å². The van der Waals surface area contributed by atoms with Crippen molar-refractivity contribution in [1.82, 2.24) is 5.32 Å². The molecule has 0 aromatic carbocycles. The molecule has 1 atom stereocenters. The highest BCUT2D eigenvalue weighted by Gasteiger charge is 2.30. The second-order valence-electron chi connectivity index (χ2n) is 6.11. The minimum atomic E-state index is -4.49. The largest absolute Gasteiger partial charge is 0.456 e. The molecule has 8 heteroatoms. The number of rotatable bonds is 6. The quantitative estimate of drug-likeness (QED) is 0.329. The average Bonchev–Trinajstić information content (AvgIpc) is 2.29. The highest BCUT2D eigenvalue weighted by Crippen LogP contribution is 2.16. The van der Waals surface area contributed by atoms with Crippen molar-refractivity contribution in [3.8, 4) is 0 Å². The van der Waals surface area contributed by atoms with Gasteiger partial charge in [0.15, 0.2) is 5.37 Å². The number of hydrogen-bond donors (Lipinski definition) is 2. The van der Waals surface area contributed by atoms with E-state index >= 15 is 0 Å². The second kappa shape index (κ2) is 7.06. The minimum Gasteiger partial charge on any atom is -0.456 e. The maximum atomic E-state index is 12.0. The van der Waals surface area contributed by atoms with Gasteiger partial charge in [-0.2, -0.15) is 8.42 Å². The van der Waals surface area contributed by atoms with E-state index in [4.69, 9.17) is 9.29 Å². The van der Waals surface area contributed by atoms with Gasteiger partial charge in [-0.05, 0) is 26.7 Å². The summed E-state index contributed by atoms with van der Waals surface area (Å²) in [6, 6.07) is 0. The van der Waals surface area contributed by atoms with E-state index in [2.05, 4.69) is 18.5 Å². The summed E-state index contributed by atoms with van der Waals surface area (Å²) in [6.07, 6.45) is 0. The van der Waals surface area contributed by atoms with Crippen LogP contribution in [0.5, 0.6) is 0 Å². The first-order chi connectivity index (χ1) is 9.66. The van der Waals surface area contributed by atoms with Gasteiger partial charge in [0.2, 0.25) is 0 Å². The van der Waals surface area contributed by atoms with Gasteiger partial charge in [0.05, 0.1) is 5.57 Å². The Balaban J connectivity index is 5.05. The van der Waals surface area contributed by atoms with E-state index in [1.165, 1.54) is 13.8 Å². The third-order valence-corrected chi connectivity index (χ3v) is 3.79. The Labute approximate surface area is 131 Å². The Morgan fingerprint density at radius 3 is 1.91 bits per heavy atom. The van der Waals surface area contributed by atoms with Crippen molar-refractivity contribution in [1.29, 1.82) is 0 Å². The molecule has 0 fully saturated rings. The van der Waals surface area contributed by atoms with Gasteiger partial charge < -0.3 is 10.1 Å². The smallest absolute Gasteiger partial charge is 0.338 e. The van der Waals surface area contributed by atoms with Crippen molar-refractivity contribution < 1.29 is 27.3 Å². The molecule has 0 bridgehead atoms. The Morgan fingerprint density at radius 2 is 1.59 bits per heavy atom. The van der Waals surface area contributed by atoms with Crippen LogP contribution >= 0.6 is 0 Å². The Bertz CT molecular complexity index is 583. The van der Waals surface area contributed by atoms with Crippen LogP contribution < -0.4 is 5.32 Å². The van der Waals surface area contributed by atoms with E-state index in [1.54, 1.807) is 20.8 Å². The topological polar surface area (TPSA) is 110 Å². The summed E-state index contributed by atoms with van der Waals surface area (Å²) < 4.78 is 36.6. The van der Waals surface area contributed by atoms with E-state index < -0.39 is 38.9 Å². The molecule has 0 aliphatic rings. The molecule has 0 aromatic rings. The maximum absolute atomic E-state index is 12.0. The van der Waals surface area contributed by atoms with Crippen molar-refractivity contribution in [2.75, 3.05) is 0 Å². The third kappa shape index (κ3) is 6.40. The van der Waals surface area contributed by atoms with Gasteiger partial charge in [-0.25, -0.2) is 4.79 Å². The minimum absolute atomic E-state index is 0.287. The predicted octanol–water partition coefficient (Wildman–Crippen LogP) is 1.43. The number of carbonyl (C=O) groups is 2. The lowest BCUT2D eigenvalue weighted by Crippen LogP contribution is -2.45. The molecule has 0 heterocycles. The second-order valence-corrected chi connectivity index (χ2v) is 7.65. The molecule has 0 aliphatic heterocycles. The molecule has 0 aliphatic carbocycles. The Kier molecular flexibility index (Phi) is 6.52. The highest BCUT2D eigenvalue weighted by atomic mass is 32.2. The molecule has 0 spiro atoms. The van der Waals surface area contributed by atoms with E-state index in [-0.39, 0.29) is 11.1 Å². The zero-order chi connectivity index (χ0) is 17.9. The SMILES string of the molecule is C=C(C(=C)C(=O)OC(C)(C)C)C(=O)NC(C(C)C)S(=O)(=O)O. The molecule has 1 unspecified atom stereocenters. The summed E-state index contributed by atoms with van der Waals surface area (Å²) in [5.41, 5.74) is -1.39. The molecule has 2 N–H and O–H groups in total. The zero-order valence-corrected chi connectivity index (χ0v) is 14.3. The molecular formula is C14H23NO6S. The third-order valence-electron chi connectivity index (χ3n) is 2.48. The van der Waals surface area contributed by atoms with E-state index in [9.17, 15) is 18.0 Å². The lowest BCUT2D eigenvalue weighted by Gasteiger charge is -2.22. The van der Waals surface area contributed by atoms with Gasteiger partial charge in [0.1, 0.15) is 5.60 Å². The van der Waals surface area contributed by atoms with Crippen molar-refractivity contribution in [2.45, 2.75) is 45.6 Å². The summed E-state index contributed by atoms with van der Waals surface area (Å²) in [4.78, 5) is 23.8. The maximum Gasteiger partial charge on any atom is 0.338 e. The summed E-state index contributed by atoms with van der Waals surface area (Å²) >= 11 is 0. The highest BCUT2D eigenvalue weighted by molar-refractivity contribution is 7.86. The van der Waals surface area contributed by atoms with Crippen molar-refractivity contribution in [3.63, 3.8) is 0 Å². The fourth-order valence-electron chi connectivity index (χ4n) is 1.40. The number of amides is 1. The molecule has 1 amide bonds. The fourth-order valence-corrected chi connectivity index (χ4v) is 2.35. The Morgan fingerprint density at radius 1 is 1.14 bits per heavy atom. The number of esters is 1. The molecule has 0 aromatic heterocycles. The van der Waals surface area contributed by atoms with Crippen LogP contribution in [0.4, 0.5) is 0 Å². The average molecular weight is 333 g/mol. The molecular weight excluding hydrogens is 310 g/mol. The van der Waals surface area contributed by atoms with Crippen LogP contribution in [-0.2, 0) is 24.4 Å². The molecule has 0 saturated carbocycles. The van der Waals surface area contributed by atoms with Crippen LogP contribution in [0.15, 0.2) is 24.3 Å². The molecule has 0 radical (unpaired) electrons. The monoisotopic (exact) mass is 333 g/mol. The van der Waals surface area contributed by atoms with E-state index in [0.29, 0.717) is 0 Å². The van der Waals surface area contributed by atoms with Gasteiger partial charge >= 0.3 is 5.97 Å². The van der Waals surface area contributed by atoms with Gasteiger partial charge in [-0.3, -0.25) is 9.35 Å². The van der Waals surface area contributed by atoms with Gasteiger partial charge in [-0.1, -0.05) is 27.0 Å².